The van der Waals surface area contributed by atoms with Gasteiger partial charge in [0, 0.05) is 0 Å². The van der Waals surface area contributed by atoms with E-state index in [1.807, 2.05) is 12.1 Å². The number of ether oxygens (including phenoxy) is 3. The lowest BCUT2D eigenvalue weighted by Crippen LogP contribution is -2.27. The minimum atomic E-state index is -0.993. The number of aliphatic carboxylic acids is 1. The fourth-order valence-electron chi connectivity index (χ4n) is 4.71. The molecule has 0 aliphatic heterocycles. The van der Waals surface area contributed by atoms with Gasteiger partial charge in [-0.1, -0.05) is 12.1 Å². The molecule has 154 valence electrons. The second-order valence-electron chi connectivity index (χ2n) is 7.55. The molecule has 1 aromatic carbocycles. The smallest absolute Gasteiger partial charge is 0.482 e. The van der Waals surface area contributed by atoms with Gasteiger partial charge < -0.3 is 24.4 Å². The van der Waals surface area contributed by atoms with Crippen LogP contribution in [0.5, 0.6) is 5.75 Å². The molecule has 28 heavy (non-hydrogen) atoms. The molecule has 1 saturated carbocycles. The summed E-state index contributed by atoms with van der Waals surface area (Å²) in [7, 11) is 0. The molecule has 2 N–H and O–H groups in total. The molecule has 2 aliphatic rings. The molecule has 7 nitrogen and oxygen atoms in total. The average molecular weight is 392 g/mol. The zero-order valence-corrected chi connectivity index (χ0v) is 16.1. The van der Waals surface area contributed by atoms with Gasteiger partial charge in [-0.25, -0.2) is 9.59 Å². The van der Waals surface area contributed by atoms with Crippen LogP contribution < -0.4 is 4.74 Å². The fraction of sp³-hybridized carbons (Fsp3) is 0.619. The van der Waals surface area contributed by atoms with Crippen molar-refractivity contribution in [1.29, 1.82) is 0 Å². The van der Waals surface area contributed by atoms with E-state index in [-0.39, 0.29) is 18.6 Å². The maximum atomic E-state index is 11.3. The Morgan fingerprint density at radius 1 is 1.21 bits per heavy atom. The van der Waals surface area contributed by atoms with Gasteiger partial charge in [0.15, 0.2) is 6.61 Å². The number of carboxylic acid groups (broad SMARTS) is 1. The van der Waals surface area contributed by atoms with E-state index in [2.05, 4.69) is 6.07 Å². The van der Waals surface area contributed by atoms with Crippen LogP contribution in [0.1, 0.15) is 37.3 Å². The lowest BCUT2D eigenvalue weighted by atomic mass is 9.73. The molecule has 2 aliphatic carbocycles. The maximum Gasteiger partial charge on any atom is 0.508 e. The summed E-state index contributed by atoms with van der Waals surface area (Å²) in [6.07, 6.45) is 2.86. The number of fused-ring (bicyclic) bond motifs is 2. The van der Waals surface area contributed by atoms with Gasteiger partial charge in [0.2, 0.25) is 0 Å². The van der Waals surface area contributed by atoms with E-state index in [0.29, 0.717) is 37.2 Å². The lowest BCUT2D eigenvalue weighted by Gasteiger charge is -2.32. The summed E-state index contributed by atoms with van der Waals surface area (Å²) in [5.74, 6) is 0.548. The SMILES string of the molecule is CCOC(=O)OCCC[C@@H]1[C@H]2Cc3cccc(OCC(=O)O)c3C[C@H]2C[C@H]1O. The molecule has 0 bridgehead atoms. The van der Waals surface area contributed by atoms with Crippen LogP contribution in [0.15, 0.2) is 18.2 Å². The quantitative estimate of drug-likeness (QED) is 0.518. The Kier molecular flexibility index (Phi) is 6.78. The van der Waals surface area contributed by atoms with Crippen molar-refractivity contribution < 1.29 is 34.0 Å². The molecule has 1 fully saturated rings. The average Bonchev–Trinajstić information content (AvgIpc) is 2.96. The summed E-state index contributed by atoms with van der Waals surface area (Å²) in [5, 5.41) is 19.5. The highest BCUT2D eigenvalue weighted by Crippen LogP contribution is 2.48. The zero-order chi connectivity index (χ0) is 20.1. The molecule has 0 radical (unpaired) electrons. The van der Waals surface area contributed by atoms with Crippen LogP contribution in [0.4, 0.5) is 4.79 Å². The normalized spacial score (nSPS) is 25.5. The van der Waals surface area contributed by atoms with E-state index in [9.17, 15) is 14.7 Å². The number of aliphatic hydroxyl groups excluding tert-OH is 1. The van der Waals surface area contributed by atoms with Gasteiger partial charge in [-0.3, -0.25) is 0 Å². The molecule has 0 saturated heterocycles. The van der Waals surface area contributed by atoms with Crippen molar-refractivity contribution in [2.24, 2.45) is 17.8 Å². The number of hydrogen-bond donors (Lipinski definition) is 2. The van der Waals surface area contributed by atoms with E-state index < -0.39 is 12.1 Å². The van der Waals surface area contributed by atoms with Crippen molar-refractivity contribution in [1.82, 2.24) is 0 Å². The fourth-order valence-corrected chi connectivity index (χ4v) is 4.71. The Bertz CT molecular complexity index is 702. The molecule has 0 unspecified atom stereocenters. The minimum absolute atomic E-state index is 0.174. The van der Waals surface area contributed by atoms with Crippen molar-refractivity contribution in [3.63, 3.8) is 0 Å². The van der Waals surface area contributed by atoms with Gasteiger partial charge >= 0.3 is 12.1 Å². The molecule has 0 heterocycles. The maximum absolute atomic E-state index is 11.3. The molecule has 4 atom stereocenters. The van der Waals surface area contributed by atoms with Crippen molar-refractivity contribution in [2.45, 2.75) is 45.1 Å². The Labute approximate surface area is 164 Å². The first-order chi connectivity index (χ1) is 13.5. The first kappa shape index (κ1) is 20.5. The van der Waals surface area contributed by atoms with Crippen molar-refractivity contribution in [3.8, 4) is 5.75 Å². The molecule has 0 amide bonds. The Hall–Kier alpha value is -2.28. The van der Waals surface area contributed by atoms with Crippen LogP contribution in [-0.4, -0.2) is 48.3 Å². The zero-order valence-electron chi connectivity index (χ0n) is 16.1. The lowest BCUT2D eigenvalue weighted by molar-refractivity contribution is -0.139. The third-order valence-electron chi connectivity index (χ3n) is 5.86. The largest absolute Gasteiger partial charge is 0.508 e. The Morgan fingerprint density at radius 2 is 2.04 bits per heavy atom. The van der Waals surface area contributed by atoms with E-state index in [0.717, 1.165) is 31.2 Å². The monoisotopic (exact) mass is 392 g/mol. The van der Waals surface area contributed by atoms with Crippen LogP contribution in [0.2, 0.25) is 0 Å². The predicted octanol–water partition coefficient (Wildman–Crippen LogP) is 2.82. The van der Waals surface area contributed by atoms with Crippen LogP contribution in [0, 0.1) is 17.8 Å². The topological polar surface area (TPSA) is 102 Å². The summed E-state index contributed by atoms with van der Waals surface area (Å²) in [4.78, 5) is 22.1. The van der Waals surface area contributed by atoms with E-state index in [1.54, 1.807) is 6.92 Å². The number of carboxylic acids is 1. The second kappa shape index (κ2) is 9.28. The Balaban J connectivity index is 1.60. The Morgan fingerprint density at radius 3 is 2.79 bits per heavy atom. The van der Waals surface area contributed by atoms with Gasteiger partial charge in [-0.2, -0.15) is 0 Å². The van der Waals surface area contributed by atoms with Crippen LogP contribution >= 0.6 is 0 Å². The summed E-state index contributed by atoms with van der Waals surface area (Å²) >= 11 is 0. The first-order valence-corrected chi connectivity index (χ1v) is 9.92. The van der Waals surface area contributed by atoms with E-state index >= 15 is 0 Å². The highest BCUT2D eigenvalue weighted by Gasteiger charge is 2.44. The standard InChI is InChI=1S/C21H28O7/c1-2-26-21(25)27-8-4-6-15-16-9-13-5-3-7-19(28-12-20(23)24)17(13)10-14(16)11-18(15)22/h3,5,7,14-16,18,22H,2,4,6,8-12H2,1H3,(H,23,24)/t14-,15+,16-,18+/m0/s1. The third kappa shape index (κ3) is 4.76. The molecule has 3 rings (SSSR count). The van der Waals surface area contributed by atoms with E-state index in [1.165, 1.54) is 5.56 Å². The van der Waals surface area contributed by atoms with Gasteiger partial charge in [0.05, 0.1) is 19.3 Å². The summed E-state index contributed by atoms with van der Waals surface area (Å²) in [6.45, 7) is 1.97. The molecular weight excluding hydrogens is 364 g/mol. The van der Waals surface area contributed by atoms with Crippen LogP contribution in [0.3, 0.4) is 0 Å². The third-order valence-corrected chi connectivity index (χ3v) is 5.86. The van der Waals surface area contributed by atoms with Crippen LogP contribution in [0.25, 0.3) is 0 Å². The summed E-state index contributed by atoms with van der Waals surface area (Å²) in [6, 6.07) is 5.77. The van der Waals surface area contributed by atoms with E-state index in [4.69, 9.17) is 19.3 Å². The van der Waals surface area contributed by atoms with Gasteiger partial charge in [0.1, 0.15) is 5.75 Å². The number of rotatable bonds is 8. The predicted molar refractivity (Wildman–Crippen MR) is 100 cm³/mol. The number of hydrogen-bond acceptors (Lipinski definition) is 6. The van der Waals surface area contributed by atoms with Crippen molar-refractivity contribution >= 4 is 12.1 Å². The van der Waals surface area contributed by atoms with Crippen molar-refractivity contribution in [2.75, 3.05) is 19.8 Å². The summed E-state index contributed by atoms with van der Waals surface area (Å²) < 4.78 is 15.2. The highest BCUT2D eigenvalue weighted by atomic mass is 16.7. The molecule has 0 spiro atoms. The first-order valence-electron chi connectivity index (χ1n) is 9.92. The minimum Gasteiger partial charge on any atom is -0.482 e. The second-order valence-corrected chi connectivity index (χ2v) is 7.55. The molecule has 1 aromatic rings. The van der Waals surface area contributed by atoms with Gasteiger partial charge in [0.25, 0.3) is 0 Å². The molecular formula is C21H28O7. The number of benzene rings is 1. The highest BCUT2D eigenvalue weighted by molar-refractivity contribution is 5.68. The summed E-state index contributed by atoms with van der Waals surface area (Å²) in [5.41, 5.74) is 2.24. The number of carbonyl (C=O) groups excluding carboxylic acids is 1. The number of carbonyl (C=O) groups is 2. The number of aliphatic hydroxyl groups is 1. The van der Waals surface area contributed by atoms with Gasteiger partial charge in [-0.05, 0) is 74.0 Å². The molecule has 0 aromatic heterocycles. The van der Waals surface area contributed by atoms with Crippen LogP contribution in [-0.2, 0) is 27.1 Å². The van der Waals surface area contributed by atoms with Gasteiger partial charge in [-0.15, -0.1) is 0 Å². The van der Waals surface area contributed by atoms with Crippen molar-refractivity contribution in [3.05, 3.63) is 29.3 Å². The molecule has 7 heteroatoms.